The molecule has 5 nitrogen and oxygen atoms in total. The van der Waals surface area contributed by atoms with E-state index in [0.717, 1.165) is 22.2 Å². The molecule has 0 spiro atoms. The number of fused-ring (bicyclic) bond motifs is 1. The van der Waals surface area contributed by atoms with Crippen LogP contribution in [0.3, 0.4) is 0 Å². The quantitative estimate of drug-likeness (QED) is 0.886. The number of thioether (sulfide) groups is 1. The maximum Gasteiger partial charge on any atom is 0.166 e. The van der Waals surface area contributed by atoms with Gasteiger partial charge in [-0.05, 0) is 24.8 Å². The highest BCUT2D eigenvalue weighted by atomic mass is 32.2. The lowest BCUT2D eigenvalue weighted by Crippen LogP contribution is -2.26. The summed E-state index contributed by atoms with van der Waals surface area (Å²) in [4.78, 5) is 12.1. The van der Waals surface area contributed by atoms with Crippen molar-refractivity contribution in [3.8, 4) is 6.07 Å². The highest BCUT2D eigenvalue weighted by Gasteiger charge is 2.20. The highest BCUT2D eigenvalue weighted by Crippen LogP contribution is 2.24. The van der Waals surface area contributed by atoms with E-state index in [1.165, 1.54) is 0 Å². The zero-order valence-electron chi connectivity index (χ0n) is 11.1. The number of nitrogens with zero attached hydrogens (tertiary/aromatic N) is 3. The van der Waals surface area contributed by atoms with Gasteiger partial charge < -0.3 is 10.3 Å². The smallest absolute Gasteiger partial charge is 0.166 e. The number of pyridine rings is 1. The fourth-order valence-corrected chi connectivity index (χ4v) is 2.59. The number of aryl methyl sites for hydroxylation is 1. The van der Waals surface area contributed by atoms with Crippen LogP contribution < -0.4 is 5.32 Å². The van der Waals surface area contributed by atoms with Gasteiger partial charge in [0.25, 0.3) is 0 Å². The second-order valence-electron chi connectivity index (χ2n) is 4.51. The van der Waals surface area contributed by atoms with E-state index in [4.69, 9.17) is 0 Å². The van der Waals surface area contributed by atoms with Gasteiger partial charge in [0.2, 0.25) is 0 Å². The fourth-order valence-electron chi connectivity index (χ4n) is 2.17. The lowest BCUT2D eigenvalue weighted by atomic mass is 10.0. The number of aromatic amines is 1. The van der Waals surface area contributed by atoms with E-state index in [9.17, 15) is 5.26 Å². The van der Waals surface area contributed by atoms with Gasteiger partial charge in [-0.2, -0.15) is 5.26 Å². The summed E-state index contributed by atoms with van der Waals surface area (Å²) in [6.45, 7) is 2.00. The van der Waals surface area contributed by atoms with Crippen molar-refractivity contribution in [1.29, 1.82) is 5.26 Å². The van der Waals surface area contributed by atoms with Crippen molar-refractivity contribution >= 4 is 28.5 Å². The Labute approximate surface area is 120 Å². The van der Waals surface area contributed by atoms with E-state index in [2.05, 4.69) is 32.4 Å². The molecule has 6 heteroatoms. The first kappa shape index (κ1) is 12.8. The Morgan fingerprint density at radius 2 is 2.30 bits per heavy atom. The van der Waals surface area contributed by atoms with E-state index in [1.807, 2.05) is 25.6 Å². The molecule has 0 radical (unpaired) electrons. The minimum absolute atomic E-state index is 0.0650. The van der Waals surface area contributed by atoms with Crippen LogP contribution in [0.15, 0.2) is 35.2 Å². The minimum Gasteiger partial charge on any atom is -0.360 e. The van der Waals surface area contributed by atoms with Crippen LogP contribution in [0.5, 0.6) is 0 Å². The molecule has 0 aliphatic carbocycles. The topological polar surface area (TPSA) is 76.9 Å². The van der Waals surface area contributed by atoms with Gasteiger partial charge in [0.15, 0.2) is 5.50 Å². The molecular formula is C14H13N5S. The predicted molar refractivity (Wildman–Crippen MR) is 81.5 cm³/mol. The molecule has 0 aromatic carbocycles. The monoisotopic (exact) mass is 283 g/mol. The molecule has 0 amide bonds. The third kappa shape index (κ3) is 2.06. The van der Waals surface area contributed by atoms with Gasteiger partial charge in [0.05, 0.1) is 11.3 Å². The molecule has 3 rings (SSSR count). The van der Waals surface area contributed by atoms with Crippen molar-refractivity contribution in [2.75, 3.05) is 6.26 Å². The molecule has 1 unspecified atom stereocenters. The van der Waals surface area contributed by atoms with Crippen LogP contribution >= 0.6 is 11.8 Å². The summed E-state index contributed by atoms with van der Waals surface area (Å²) >= 11 is 1.59. The van der Waals surface area contributed by atoms with Crippen LogP contribution in [0, 0.1) is 18.3 Å². The molecule has 2 aromatic heterocycles. The number of rotatable bonds is 2. The van der Waals surface area contributed by atoms with E-state index in [-0.39, 0.29) is 5.50 Å². The number of hydrogen-bond acceptors (Lipinski definition) is 5. The van der Waals surface area contributed by atoms with Crippen molar-refractivity contribution in [3.63, 3.8) is 0 Å². The van der Waals surface area contributed by atoms with Gasteiger partial charge >= 0.3 is 0 Å². The number of nitrogens with one attached hydrogen (secondary N) is 2. The number of H-pyrrole nitrogens is 1. The predicted octanol–water partition coefficient (Wildman–Crippen LogP) is 2.32. The van der Waals surface area contributed by atoms with E-state index in [0.29, 0.717) is 11.3 Å². The maximum absolute atomic E-state index is 9.27. The molecule has 0 saturated carbocycles. The van der Waals surface area contributed by atoms with Crippen LogP contribution in [-0.4, -0.2) is 27.4 Å². The van der Waals surface area contributed by atoms with Gasteiger partial charge in [-0.25, -0.2) is 9.98 Å². The standard InChI is InChI=1S/C14H13N5S/c1-8-3-10-11(7-17-13(10)16-5-8)12-9(4-15)6-18-14(19-12)20-2/h3,5-7,14,18H,1-2H3,(H,16,17). The molecule has 0 bridgehead atoms. The Balaban J connectivity index is 2.18. The summed E-state index contributed by atoms with van der Waals surface area (Å²) in [6, 6.07) is 4.25. The van der Waals surface area contributed by atoms with Crippen molar-refractivity contribution < 1.29 is 0 Å². The van der Waals surface area contributed by atoms with Gasteiger partial charge in [0.1, 0.15) is 11.7 Å². The van der Waals surface area contributed by atoms with Gasteiger partial charge in [-0.3, -0.25) is 0 Å². The van der Waals surface area contributed by atoms with Crippen LogP contribution in [-0.2, 0) is 0 Å². The van der Waals surface area contributed by atoms with Gasteiger partial charge in [-0.1, -0.05) is 0 Å². The second kappa shape index (κ2) is 5.02. The molecule has 2 aromatic rings. The normalized spacial score (nSPS) is 18.1. The van der Waals surface area contributed by atoms with E-state index in [1.54, 1.807) is 18.0 Å². The van der Waals surface area contributed by atoms with E-state index >= 15 is 0 Å². The summed E-state index contributed by atoms with van der Waals surface area (Å²) in [5.41, 5.74) is 4.00. The summed E-state index contributed by atoms with van der Waals surface area (Å²) < 4.78 is 0. The zero-order valence-corrected chi connectivity index (χ0v) is 12.0. The molecular weight excluding hydrogens is 270 g/mol. The summed E-state index contributed by atoms with van der Waals surface area (Å²) in [5, 5.41) is 13.4. The molecule has 0 saturated heterocycles. The average Bonchev–Trinajstić information content (AvgIpc) is 2.89. The van der Waals surface area contributed by atoms with Crippen molar-refractivity contribution in [2.45, 2.75) is 12.4 Å². The largest absolute Gasteiger partial charge is 0.360 e. The van der Waals surface area contributed by atoms with Crippen LogP contribution in [0.25, 0.3) is 11.0 Å². The maximum atomic E-state index is 9.27. The van der Waals surface area contributed by atoms with Crippen LogP contribution in [0.4, 0.5) is 0 Å². The molecule has 2 N–H and O–H groups in total. The molecule has 1 aliphatic heterocycles. The molecule has 1 aliphatic rings. The fraction of sp³-hybridized carbons (Fsp3) is 0.214. The summed E-state index contributed by atoms with van der Waals surface area (Å²) in [6.07, 6.45) is 7.39. The number of allylic oxidation sites excluding steroid dienone is 1. The molecule has 1 atom stereocenters. The number of aromatic nitrogens is 2. The minimum atomic E-state index is -0.0650. The Morgan fingerprint density at radius 1 is 1.45 bits per heavy atom. The summed E-state index contributed by atoms with van der Waals surface area (Å²) in [5.74, 6) is 0. The first-order valence-electron chi connectivity index (χ1n) is 6.14. The SMILES string of the molecule is CSC1N=C(c2c[nH]c3ncc(C)cc23)C(C#N)=CN1. The summed E-state index contributed by atoms with van der Waals surface area (Å²) in [7, 11) is 0. The van der Waals surface area contributed by atoms with Gasteiger partial charge in [-0.15, -0.1) is 11.8 Å². The van der Waals surface area contributed by atoms with Crippen molar-refractivity contribution in [3.05, 3.63) is 41.4 Å². The molecule has 3 heterocycles. The zero-order chi connectivity index (χ0) is 14.1. The Bertz CT molecular complexity index is 765. The number of hydrogen-bond donors (Lipinski definition) is 2. The third-order valence-electron chi connectivity index (χ3n) is 3.14. The molecule has 0 fully saturated rings. The van der Waals surface area contributed by atoms with Gasteiger partial charge in [0, 0.05) is 29.5 Å². The average molecular weight is 283 g/mol. The van der Waals surface area contributed by atoms with Crippen molar-refractivity contribution in [1.82, 2.24) is 15.3 Å². The first-order chi connectivity index (χ1) is 9.72. The van der Waals surface area contributed by atoms with E-state index < -0.39 is 0 Å². The molecule has 20 heavy (non-hydrogen) atoms. The second-order valence-corrected chi connectivity index (χ2v) is 5.43. The molecule has 100 valence electrons. The van der Waals surface area contributed by atoms with Crippen LogP contribution in [0.2, 0.25) is 0 Å². The highest BCUT2D eigenvalue weighted by molar-refractivity contribution is 7.99. The Hall–Kier alpha value is -2.26. The Morgan fingerprint density at radius 3 is 3.05 bits per heavy atom. The Kier molecular flexibility index (Phi) is 3.20. The first-order valence-corrected chi connectivity index (χ1v) is 7.43. The lowest BCUT2D eigenvalue weighted by Gasteiger charge is -2.18. The lowest BCUT2D eigenvalue weighted by molar-refractivity contribution is 0.809. The van der Waals surface area contributed by atoms with Crippen molar-refractivity contribution in [2.24, 2.45) is 4.99 Å². The third-order valence-corrected chi connectivity index (χ3v) is 3.83. The van der Waals surface area contributed by atoms with Crippen LogP contribution in [0.1, 0.15) is 11.1 Å². The number of nitriles is 1. The number of aliphatic imine (C=N–C) groups is 1.